The van der Waals surface area contributed by atoms with Crippen molar-refractivity contribution in [1.29, 1.82) is 0 Å². The second-order valence-corrected chi connectivity index (χ2v) is 3.87. The quantitative estimate of drug-likeness (QED) is 0.852. The number of terminal acetylenes is 1. The first-order valence-corrected chi connectivity index (χ1v) is 4.87. The number of aromatic carboxylic acids is 1. The molecule has 0 unspecified atom stereocenters. The third-order valence-electron chi connectivity index (χ3n) is 1.46. The fraction of sp³-hybridized carbons (Fsp3) is 0.125. The summed E-state index contributed by atoms with van der Waals surface area (Å²) in [6.45, 7) is 0.230. The van der Waals surface area contributed by atoms with Crippen molar-refractivity contribution in [2.24, 2.45) is 0 Å². The van der Waals surface area contributed by atoms with Crippen molar-refractivity contribution >= 4 is 37.8 Å². The highest BCUT2D eigenvalue weighted by atomic mass is 79.9. The molecule has 0 saturated carbocycles. The molecule has 1 aromatic heterocycles. The minimum Gasteiger partial charge on any atom is -0.477 e. The number of aromatic nitrogens is 1. The van der Waals surface area contributed by atoms with Crippen LogP contribution in [0.5, 0.6) is 0 Å². The van der Waals surface area contributed by atoms with Gasteiger partial charge in [-0.1, -0.05) is 5.92 Å². The maximum atomic E-state index is 10.7. The van der Waals surface area contributed by atoms with Crippen LogP contribution in [0.4, 0.5) is 0 Å². The van der Waals surface area contributed by atoms with E-state index in [1.54, 1.807) is 0 Å². The number of carboxylic acids is 1. The second-order valence-electron chi connectivity index (χ2n) is 2.26. The smallest absolute Gasteiger partial charge is 0.352 e. The van der Waals surface area contributed by atoms with E-state index in [4.69, 9.17) is 11.5 Å². The number of nitrogens with zero attached hydrogens (tertiary/aromatic N) is 1. The van der Waals surface area contributed by atoms with Gasteiger partial charge in [-0.2, -0.15) is 0 Å². The zero-order valence-corrected chi connectivity index (χ0v) is 9.59. The van der Waals surface area contributed by atoms with Gasteiger partial charge in [-0.05, 0) is 37.9 Å². The predicted octanol–water partition coefficient (Wildman–Crippen LogP) is 2.34. The lowest BCUT2D eigenvalue weighted by Crippen LogP contribution is -2.07. The predicted molar refractivity (Wildman–Crippen MR) is 55.6 cm³/mol. The molecule has 0 atom stereocenters. The van der Waals surface area contributed by atoms with E-state index in [1.165, 1.54) is 10.6 Å². The highest BCUT2D eigenvalue weighted by Gasteiger charge is 2.15. The van der Waals surface area contributed by atoms with Crippen molar-refractivity contribution in [3.8, 4) is 12.3 Å². The highest BCUT2D eigenvalue weighted by Crippen LogP contribution is 2.27. The van der Waals surface area contributed by atoms with E-state index in [9.17, 15) is 4.79 Å². The summed E-state index contributed by atoms with van der Waals surface area (Å²) in [5.74, 6) is 1.38. The molecule has 0 radical (unpaired) electrons. The van der Waals surface area contributed by atoms with Gasteiger partial charge in [0.25, 0.3) is 0 Å². The molecule has 0 saturated heterocycles. The molecule has 0 fully saturated rings. The SMILES string of the molecule is C#CCn1c(C(=O)O)cc(Br)c1Br. The lowest BCUT2D eigenvalue weighted by molar-refractivity contribution is 0.0685. The number of carboxylic acid groups (broad SMARTS) is 1. The molecule has 0 spiro atoms. The van der Waals surface area contributed by atoms with E-state index in [0.29, 0.717) is 9.08 Å². The number of hydrogen-bond donors (Lipinski definition) is 1. The van der Waals surface area contributed by atoms with Gasteiger partial charge in [0.15, 0.2) is 0 Å². The molecule has 0 aliphatic rings. The Labute approximate surface area is 92.0 Å². The largest absolute Gasteiger partial charge is 0.477 e. The molecule has 1 aromatic rings. The van der Waals surface area contributed by atoms with E-state index < -0.39 is 5.97 Å². The molecule has 0 aliphatic heterocycles. The number of rotatable bonds is 2. The van der Waals surface area contributed by atoms with Crippen LogP contribution in [0.3, 0.4) is 0 Å². The van der Waals surface area contributed by atoms with Gasteiger partial charge in [0.05, 0.1) is 11.0 Å². The first-order chi connectivity index (χ1) is 6.07. The molecule has 1 N–H and O–H groups in total. The van der Waals surface area contributed by atoms with Crippen LogP contribution in [0, 0.1) is 12.3 Å². The number of halogens is 2. The fourth-order valence-electron chi connectivity index (χ4n) is 0.915. The van der Waals surface area contributed by atoms with Crippen LogP contribution in [0.15, 0.2) is 15.1 Å². The third kappa shape index (κ3) is 1.95. The normalized spacial score (nSPS) is 9.62. The maximum absolute atomic E-state index is 10.7. The topological polar surface area (TPSA) is 42.2 Å². The third-order valence-corrected chi connectivity index (χ3v) is 3.45. The van der Waals surface area contributed by atoms with Crippen LogP contribution >= 0.6 is 31.9 Å². The standard InChI is InChI=1S/C8H5Br2NO2/c1-2-3-11-6(8(12)13)4-5(9)7(11)10/h1,4H,3H2,(H,12,13). The highest BCUT2D eigenvalue weighted by molar-refractivity contribution is 9.13. The summed E-state index contributed by atoms with van der Waals surface area (Å²) < 4.78 is 2.81. The van der Waals surface area contributed by atoms with Gasteiger partial charge in [0, 0.05) is 0 Å². The van der Waals surface area contributed by atoms with E-state index >= 15 is 0 Å². The second kappa shape index (κ2) is 3.99. The van der Waals surface area contributed by atoms with Crippen LogP contribution in [0.25, 0.3) is 0 Å². The lowest BCUT2D eigenvalue weighted by atomic mass is 10.4. The Morgan fingerprint density at radius 1 is 1.69 bits per heavy atom. The summed E-state index contributed by atoms with van der Waals surface area (Å²) in [5.41, 5.74) is 0.164. The van der Waals surface area contributed by atoms with Crippen molar-refractivity contribution in [2.45, 2.75) is 6.54 Å². The van der Waals surface area contributed by atoms with E-state index in [-0.39, 0.29) is 12.2 Å². The van der Waals surface area contributed by atoms with Gasteiger partial charge in [0.1, 0.15) is 10.3 Å². The van der Waals surface area contributed by atoms with Gasteiger partial charge in [-0.25, -0.2) is 4.79 Å². The monoisotopic (exact) mass is 305 g/mol. The molecule has 5 heteroatoms. The Morgan fingerprint density at radius 3 is 2.77 bits per heavy atom. The molecular formula is C8H5Br2NO2. The number of carbonyl (C=O) groups is 1. The molecule has 0 aliphatic carbocycles. The lowest BCUT2D eigenvalue weighted by Gasteiger charge is -2.02. The summed E-state index contributed by atoms with van der Waals surface area (Å²) in [4.78, 5) is 10.7. The molecule has 0 amide bonds. The molecule has 0 bridgehead atoms. The van der Waals surface area contributed by atoms with Crippen molar-refractivity contribution in [1.82, 2.24) is 4.57 Å². The first-order valence-electron chi connectivity index (χ1n) is 3.29. The molecule has 1 rings (SSSR count). The first kappa shape index (κ1) is 10.4. The summed E-state index contributed by atoms with van der Waals surface area (Å²) in [6.07, 6.45) is 5.11. The van der Waals surface area contributed by atoms with Crippen LogP contribution in [0.1, 0.15) is 10.5 Å². The van der Waals surface area contributed by atoms with Gasteiger partial charge in [-0.3, -0.25) is 0 Å². The number of hydrogen-bond acceptors (Lipinski definition) is 1. The Balaban J connectivity index is 3.28. The fourth-order valence-corrected chi connectivity index (χ4v) is 1.78. The maximum Gasteiger partial charge on any atom is 0.352 e. The van der Waals surface area contributed by atoms with Crippen LogP contribution in [-0.4, -0.2) is 15.6 Å². The van der Waals surface area contributed by atoms with Crippen LogP contribution in [-0.2, 0) is 6.54 Å². The average Bonchev–Trinajstić information content (AvgIpc) is 2.33. The zero-order valence-electron chi connectivity index (χ0n) is 6.42. The summed E-state index contributed by atoms with van der Waals surface area (Å²) in [5, 5.41) is 8.80. The van der Waals surface area contributed by atoms with Crippen molar-refractivity contribution in [2.75, 3.05) is 0 Å². The molecule has 13 heavy (non-hydrogen) atoms. The van der Waals surface area contributed by atoms with Crippen molar-refractivity contribution in [3.05, 3.63) is 20.8 Å². The van der Waals surface area contributed by atoms with E-state index in [1.807, 2.05) is 0 Å². The Hall–Kier alpha value is -0.730. The van der Waals surface area contributed by atoms with Gasteiger partial charge in [-0.15, -0.1) is 6.42 Å². The Kier molecular flexibility index (Phi) is 3.17. The molecule has 0 aromatic carbocycles. The van der Waals surface area contributed by atoms with Gasteiger partial charge in [0.2, 0.25) is 0 Å². The summed E-state index contributed by atoms with van der Waals surface area (Å²) >= 11 is 6.43. The average molecular weight is 307 g/mol. The van der Waals surface area contributed by atoms with E-state index in [0.717, 1.165) is 0 Å². The van der Waals surface area contributed by atoms with E-state index in [2.05, 4.69) is 37.8 Å². The molecular weight excluding hydrogens is 302 g/mol. The van der Waals surface area contributed by atoms with Crippen molar-refractivity contribution < 1.29 is 9.90 Å². The van der Waals surface area contributed by atoms with Gasteiger partial charge >= 0.3 is 5.97 Å². The molecule has 3 nitrogen and oxygen atoms in total. The Bertz CT molecular complexity index is 390. The molecule has 1 heterocycles. The summed E-state index contributed by atoms with van der Waals surface area (Å²) in [7, 11) is 0. The minimum absolute atomic E-state index is 0.164. The summed E-state index contributed by atoms with van der Waals surface area (Å²) in [6, 6.07) is 1.50. The van der Waals surface area contributed by atoms with Crippen LogP contribution in [0.2, 0.25) is 0 Å². The van der Waals surface area contributed by atoms with Gasteiger partial charge < -0.3 is 9.67 Å². The minimum atomic E-state index is -0.998. The van der Waals surface area contributed by atoms with Crippen molar-refractivity contribution in [3.63, 3.8) is 0 Å². The zero-order chi connectivity index (χ0) is 10.0. The van der Waals surface area contributed by atoms with Crippen LogP contribution < -0.4 is 0 Å². The Morgan fingerprint density at radius 2 is 2.31 bits per heavy atom. The molecule has 68 valence electrons.